The van der Waals surface area contributed by atoms with Gasteiger partial charge in [0.15, 0.2) is 0 Å². The van der Waals surface area contributed by atoms with Crippen molar-refractivity contribution in [3.63, 3.8) is 0 Å². The number of nitrogens with zero attached hydrogens (tertiary/aromatic N) is 1. The molecule has 3 rings (SSSR count). The first-order valence-corrected chi connectivity index (χ1v) is 6.38. The average Bonchev–Trinajstić information content (AvgIpc) is 2.77. The summed E-state index contributed by atoms with van der Waals surface area (Å²) in [7, 11) is 0. The lowest BCUT2D eigenvalue weighted by molar-refractivity contribution is -0.167. The summed E-state index contributed by atoms with van der Waals surface area (Å²) in [6.45, 7) is 0. The molecule has 5 nitrogen and oxygen atoms in total. The fourth-order valence-electron chi connectivity index (χ4n) is 2.23. The molecule has 0 saturated heterocycles. The number of halogens is 4. The SMILES string of the molecule is Nc1cc(Cl)cc2c1[nH]c1cncc(NC(=O)C(F)(F)F)c12. The Kier molecular flexibility index (Phi) is 3.13. The number of pyridine rings is 1. The molecular weight excluding hydrogens is 321 g/mol. The number of rotatable bonds is 1. The number of nitrogens with two attached hydrogens (primary N) is 1. The Morgan fingerprint density at radius 3 is 2.73 bits per heavy atom. The van der Waals surface area contributed by atoms with Crippen molar-refractivity contribution in [2.45, 2.75) is 6.18 Å². The van der Waals surface area contributed by atoms with E-state index in [1.54, 1.807) is 6.07 Å². The lowest BCUT2D eigenvalue weighted by Crippen LogP contribution is -2.30. The predicted molar refractivity (Wildman–Crippen MR) is 77.7 cm³/mol. The van der Waals surface area contributed by atoms with Gasteiger partial charge in [-0.1, -0.05) is 11.6 Å². The lowest BCUT2D eigenvalue weighted by Gasteiger charge is -2.08. The van der Waals surface area contributed by atoms with Crippen molar-refractivity contribution >= 4 is 50.7 Å². The lowest BCUT2D eigenvalue weighted by atomic mass is 10.1. The number of benzene rings is 1. The monoisotopic (exact) mass is 328 g/mol. The second-order valence-electron chi connectivity index (χ2n) is 4.60. The molecule has 2 aromatic heterocycles. The minimum absolute atomic E-state index is 0.0762. The average molecular weight is 329 g/mol. The Bertz CT molecular complexity index is 904. The molecule has 9 heteroatoms. The predicted octanol–water partition coefficient (Wildman–Crippen LogP) is 3.45. The number of alkyl halides is 3. The minimum atomic E-state index is -5.00. The Labute approximate surface area is 126 Å². The number of hydrogen-bond donors (Lipinski definition) is 3. The van der Waals surface area contributed by atoms with Gasteiger partial charge in [0.1, 0.15) is 0 Å². The first-order chi connectivity index (χ1) is 10.3. The van der Waals surface area contributed by atoms with E-state index in [0.29, 0.717) is 32.5 Å². The second-order valence-corrected chi connectivity index (χ2v) is 5.04. The van der Waals surface area contributed by atoms with Crippen LogP contribution >= 0.6 is 11.6 Å². The molecule has 3 aromatic rings. The summed E-state index contributed by atoms with van der Waals surface area (Å²) in [4.78, 5) is 17.9. The number of H-pyrrole nitrogens is 1. The fraction of sp³-hybridized carbons (Fsp3) is 0.0769. The van der Waals surface area contributed by atoms with Crippen LogP contribution in [-0.2, 0) is 4.79 Å². The molecule has 4 N–H and O–H groups in total. The number of aromatic amines is 1. The zero-order valence-corrected chi connectivity index (χ0v) is 11.5. The van der Waals surface area contributed by atoms with Crippen molar-refractivity contribution in [3.05, 3.63) is 29.5 Å². The Morgan fingerprint density at radius 1 is 1.32 bits per heavy atom. The highest BCUT2D eigenvalue weighted by Gasteiger charge is 2.39. The highest BCUT2D eigenvalue weighted by molar-refractivity contribution is 6.33. The van der Waals surface area contributed by atoms with Crippen LogP contribution < -0.4 is 11.1 Å². The van der Waals surface area contributed by atoms with Crippen LogP contribution in [0, 0.1) is 0 Å². The van der Waals surface area contributed by atoms with Gasteiger partial charge in [-0.15, -0.1) is 0 Å². The highest BCUT2D eigenvalue weighted by atomic mass is 35.5. The Hall–Kier alpha value is -2.48. The minimum Gasteiger partial charge on any atom is -0.397 e. The van der Waals surface area contributed by atoms with E-state index < -0.39 is 12.1 Å². The zero-order valence-electron chi connectivity index (χ0n) is 10.8. The summed E-state index contributed by atoms with van der Waals surface area (Å²) in [6, 6.07) is 3.07. The van der Waals surface area contributed by atoms with Crippen LogP contribution in [0.3, 0.4) is 0 Å². The number of carbonyl (C=O) groups is 1. The summed E-state index contributed by atoms with van der Waals surface area (Å²) >= 11 is 5.94. The molecule has 0 aliphatic heterocycles. The van der Waals surface area contributed by atoms with Crippen LogP contribution in [-0.4, -0.2) is 22.1 Å². The van der Waals surface area contributed by atoms with E-state index in [2.05, 4.69) is 9.97 Å². The number of carbonyl (C=O) groups excluding carboxylic acids is 1. The molecule has 0 saturated carbocycles. The van der Waals surface area contributed by atoms with E-state index in [4.69, 9.17) is 17.3 Å². The van der Waals surface area contributed by atoms with Gasteiger partial charge < -0.3 is 16.0 Å². The molecule has 0 unspecified atom stereocenters. The molecule has 0 aliphatic carbocycles. The van der Waals surface area contributed by atoms with Crippen molar-refractivity contribution in [2.24, 2.45) is 0 Å². The van der Waals surface area contributed by atoms with Crippen molar-refractivity contribution < 1.29 is 18.0 Å². The summed E-state index contributed by atoms with van der Waals surface area (Å²) in [5.41, 5.74) is 7.04. The smallest absolute Gasteiger partial charge is 0.397 e. The van der Waals surface area contributed by atoms with Gasteiger partial charge in [0, 0.05) is 15.8 Å². The normalized spacial score (nSPS) is 12.0. The van der Waals surface area contributed by atoms with Crippen LogP contribution in [0.5, 0.6) is 0 Å². The third-order valence-electron chi connectivity index (χ3n) is 3.11. The van der Waals surface area contributed by atoms with Crippen molar-refractivity contribution in [2.75, 3.05) is 11.1 Å². The van der Waals surface area contributed by atoms with Crippen LogP contribution in [0.25, 0.3) is 21.8 Å². The maximum Gasteiger partial charge on any atom is 0.471 e. The second kappa shape index (κ2) is 4.77. The number of fused-ring (bicyclic) bond motifs is 3. The van der Waals surface area contributed by atoms with E-state index in [1.165, 1.54) is 12.3 Å². The molecular formula is C13H8ClF3N4O. The van der Waals surface area contributed by atoms with Crippen LogP contribution in [0.2, 0.25) is 5.02 Å². The maximum atomic E-state index is 12.4. The summed E-state index contributed by atoms with van der Waals surface area (Å²) < 4.78 is 37.3. The molecule has 0 atom stereocenters. The van der Waals surface area contributed by atoms with Crippen LogP contribution in [0.15, 0.2) is 24.5 Å². The molecule has 22 heavy (non-hydrogen) atoms. The standard InChI is InChI=1S/C13H8ClF3N4O/c14-5-1-6-10-8(20-11(6)7(18)2-5)3-19-4-9(10)21-12(22)13(15,16)17/h1-4,20H,18H2,(H,21,22). The zero-order chi connectivity index (χ0) is 16.1. The fourth-order valence-corrected chi connectivity index (χ4v) is 2.46. The molecule has 0 bridgehead atoms. The van der Waals surface area contributed by atoms with E-state index >= 15 is 0 Å². The number of nitrogens with one attached hydrogen (secondary N) is 2. The number of nitrogen functional groups attached to an aromatic ring is 1. The van der Waals surface area contributed by atoms with E-state index in [9.17, 15) is 18.0 Å². The van der Waals surface area contributed by atoms with E-state index in [-0.39, 0.29) is 5.69 Å². The topological polar surface area (TPSA) is 83.8 Å². The summed E-state index contributed by atoms with van der Waals surface area (Å²) in [6.07, 6.45) is -2.44. The first kappa shape index (κ1) is 14.5. The van der Waals surface area contributed by atoms with Crippen molar-refractivity contribution in [3.8, 4) is 0 Å². The van der Waals surface area contributed by atoms with Gasteiger partial charge in [-0.3, -0.25) is 9.78 Å². The van der Waals surface area contributed by atoms with Gasteiger partial charge in [0.25, 0.3) is 0 Å². The maximum absolute atomic E-state index is 12.4. The number of hydrogen-bond acceptors (Lipinski definition) is 3. The number of anilines is 2. The molecule has 1 aromatic carbocycles. The molecule has 0 fully saturated rings. The van der Waals surface area contributed by atoms with E-state index in [1.807, 2.05) is 5.32 Å². The third-order valence-corrected chi connectivity index (χ3v) is 3.33. The number of aromatic nitrogens is 2. The molecule has 2 heterocycles. The molecule has 0 aliphatic rings. The van der Waals surface area contributed by atoms with Crippen molar-refractivity contribution in [1.82, 2.24) is 9.97 Å². The van der Waals surface area contributed by atoms with Gasteiger partial charge in [-0.05, 0) is 12.1 Å². The molecule has 114 valence electrons. The Morgan fingerprint density at radius 2 is 2.05 bits per heavy atom. The van der Waals surface area contributed by atoms with Gasteiger partial charge in [0.2, 0.25) is 0 Å². The van der Waals surface area contributed by atoms with Crippen LogP contribution in [0.1, 0.15) is 0 Å². The molecule has 1 amide bonds. The molecule has 0 radical (unpaired) electrons. The van der Waals surface area contributed by atoms with Crippen LogP contribution in [0.4, 0.5) is 24.5 Å². The van der Waals surface area contributed by atoms with Gasteiger partial charge in [-0.2, -0.15) is 13.2 Å². The van der Waals surface area contributed by atoms with Gasteiger partial charge >= 0.3 is 12.1 Å². The number of amides is 1. The highest BCUT2D eigenvalue weighted by Crippen LogP contribution is 2.35. The van der Waals surface area contributed by atoms with Gasteiger partial charge in [-0.25, -0.2) is 0 Å². The summed E-state index contributed by atoms with van der Waals surface area (Å²) in [5.74, 6) is -2.08. The summed E-state index contributed by atoms with van der Waals surface area (Å²) in [5, 5.41) is 3.00. The van der Waals surface area contributed by atoms with Gasteiger partial charge in [0.05, 0.1) is 34.8 Å². The molecule has 0 spiro atoms. The Balaban J connectivity index is 2.25. The van der Waals surface area contributed by atoms with Crippen molar-refractivity contribution in [1.29, 1.82) is 0 Å². The first-order valence-electron chi connectivity index (χ1n) is 6.00. The van der Waals surface area contributed by atoms with E-state index in [0.717, 1.165) is 6.20 Å². The largest absolute Gasteiger partial charge is 0.471 e. The quantitative estimate of drug-likeness (QED) is 0.598. The third kappa shape index (κ3) is 2.31.